The van der Waals surface area contributed by atoms with Crippen molar-refractivity contribution in [3.05, 3.63) is 0 Å². The van der Waals surface area contributed by atoms with Crippen molar-refractivity contribution < 1.29 is 143 Å². The molecule has 0 atom stereocenters. The zero-order valence-corrected chi connectivity index (χ0v) is 18.3. The lowest BCUT2D eigenvalue weighted by Gasteiger charge is -2.47. The first-order chi connectivity index (χ1) is 15.8. The zero-order chi connectivity index (χ0) is 32.0. The molecule has 238 valence electrons. The zero-order valence-electron chi connectivity index (χ0n) is 16.2. The van der Waals surface area contributed by atoms with Crippen LogP contribution >= 0.6 is 0 Å². The Morgan fingerprint density at radius 3 is 0.615 bits per heavy atom. The lowest BCUT2D eigenvalue weighted by atomic mass is 9.90. The van der Waals surface area contributed by atoms with Crippen molar-refractivity contribution in [1.82, 2.24) is 0 Å². The predicted octanol–water partition coefficient (Wildman–Crippen LogP) is 5.33. The molecule has 28 heteroatoms. The Morgan fingerprint density at radius 2 is 0.436 bits per heavy atom. The van der Waals surface area contributed by atoms with E-state index >= 15 is 0 Å². The second-order valence-corrected chi connectivity index (χ2v) is 6.56. The van der Waals surface area contributed by atoms with Crippen molar-refractivity contribution in [3.8, 4) is 0 Å². The summed E-state index contributed by atoms with van der Waals surface area (Å²) >= 11 is 0. The molecule has 0 aromatic rings. The summed E-state index contributed by atoms with van der Waals surface area (Å²) in [5.74, 6) is -56.9. The van der Waals surface area contributed by atoms with Gasteiger partial charge in [-0.3, -0.25) is 0 Å². The van der Waals surface area contributed by atoms with Gasteiger partial charge in [0.05, 0.1) is 0 Å². The highest BCUT2D eigenvalue weighted by atomic mass is 127. The van der Waals surface area contributed by atoms with Crippen LogP contribution in [0.25, 0.3) is 0 Å². The third-order valence-electron chi connectivity index (χ3n) is 4.27. The molecular formula is C11F26IN. The van der Waals surface area contributed by atoms with E-state index in [0.29, 0.717) is 0 Å². The van der Waals surface area contributed by atoms with Gasteiger partial charge in [-0.1, -0.05) is 0 Å². The maximum Gasteiger partial charge on any atom is 0.581 e. The molecule has 0 aliphatic carbocycles. The van der Waals surface area contributed by atoms with Gasteiger partial charge in [-0.15, -0.1) is 48.3 Å². The highest BCUT2D eigenvalue weighted by Gasteiger charge is 3.04. The predicted molar refractivity (Wildman–Crippen MR) is 59.1 cm³/mol. The highest BCUT2D eigenvalue weighted by molar-refractivity contribution is 5.14. The average Bonchev–Trinajstić information content (AvgIpc) is 2.55. The molecule has 0 aromatic heterocycles. The summed E-state index contributed by atoms with van der Waals surface area (Å²) in [7, 11) is 0. The summed E-state index contributed by atoms with van der Waals surface area (Å²) in [5.41, 5.74) is 0. The van der Waals surface area contributed by atoms with Gasteiger partial charge in [-0.25, -0.2) is 0 Å². The molecule has 0 heterocycles. The first-order valence-electron chi connectivity index (χ1n) is 7.56. The van der Waals surface area contributed by atoms with Crippen LogP contribution in [-0.4, -0.2) is 71.1 Å². The smallest absolute Gasteiger partial charge is 0.581 e. The molecule has 0 radical (unpaired) electrons. The monoisotopic (exact) mass is 767 g/mol. The Labute approximate surface area is 210 Å². The van der Waals surface area contributed by atoms with Crippen LogP contribution in [-0.2, 0) is 0 Å². The normalized spacial score (nSPS) is 16.8. The van der Waals surface area contributed by atoms with E-state index in [0.717, 1.165) is 0 Å². The van der Waals surface area contributed by atoms with Gasteiger partial charge >= 0.3 is 66.7 Å². The molecule has 39 heavy (non-hydrogen) atoms. The summed E-state index contributed by atoms with van der Waals surface area (Å²) in [4.78, 5) is 0. The van der Waals surface area contributed by atoms with E-state index in [2.05, 4.69) is 0 Å². The molecule has 0 saturated heterocycles. The molecule has 0 fully saturated rings. The lowest BCUT2D eigenvalue weighted by molar-refractivity contribution is -1.22. The topological polar surface area (TPSA) is 0 Å². The second kappa shape index (κ2) is 9.45. The molecule has 0 bridgehead atoms. The van der Waals surface area contributed by atoms with Crippen molar-refractivity contribution in [2.24, 2.45) is 0 Å². The number of alkyl halides is 26. The summed E-state index contributed by atoms with van der Waals surface area (Å²) in [6, 6.07) is -9.98. The molecule has 1 nitrogen and oxygen atoms in total. The van der Waals surface area contributed by atoms with Gasteiger partial charge in [0.15, 0.2) is 0 Å². The SMILES string of the molecule is FC(F)(F)C(F)(F)C(F)(F)C(F)(F)C(F)(F)C(F)(F)C(F)(F)C(F)(F)[N+](C(F)(F)F)(C(F)(F)F)C(F)(F)F.[I-]. The second-order valence-electron chi connectivity index (χ2n) is 6.56. The Bertz CT molecular complexity index is 830. The fraction of sp³-hybridized carbons (Fsp3) is 1.00. The molecule has 0 saturated carbocycles. The summed E-state index contributed by atoms with van der Waals surface area (Å²) < 4.78 is 326. The first kappa shape index (κ1) is 40.0. The molecule has 0 aliphatic heterocycles. The van der Waals surface area contributed by atoms with Crippen LogP contribution in [0.1, 0.15) is 0 Å². The Morgan fingerprint density at radius 1 is 0.256 bits per heavy atom. The minimum absolute atomic E-state index is 0. The van der Waals surface area contributed by atoms with E-state index in [1.807, 2.05) is 0 Å². The van der Waals surface area contributed by atoms with E-state index in [1.165, 1.54) is 0 Å². The number of rotatable bonds is 7. The van der Waals surface area contributed by atoms with Crippen LogP contribution in [0.15, 0.2) is 0 Å². The minimum atomic E-state index is -9.98. The van der Waals surface area contributed by atoms with Gasteiger partial charge in [0.1, 0.15) is 0 Å². The summed E-state index contributed by atoms with van der Waals surface area (Å²) in [5, 5.41) is 0. The van der Waals surface area contributed by atoms with Gasteiger partial charge in [-0.05, 0) is 0 Å². The number of hydrogen-bond donors (Lipinski definition) is 0. The standard InChI is InChI=1S/C11F26N.HI/c12-1(13,3(16,17)5(20,21)7(24,25)26)2(14,15)4(18,19)6(22,23)8(27,28)38(9(29,30)31,10(32,33)34)11(35,36)37;/h;1H/q+1;/p-1. The average molecular weight is 767 g/mol. The molecule has 0 aliphatic rings. The molecule has 0 unspecified atom stereocenters. The minimum Gasteiger partial charge on any atom is -1.00 e. The van der Waals surface area contributed by atoms with Crippen LogP contribution in [0.2, 0.25) is 0 Å². The summed E-state index contributed by atoms with van der Waals surface area (Å²) in [6.45, 7) is 0. The molecule has 0 rings (SSSR count). The number of quaternary nitrogens is 1. The van der Waals surface area contributed by atoms with Gasteiger partial charge in [-0.2, -0.15) is 65.9 Å². The van der Waals surface area contributed by atoms with Crippen molar-refractivity contribution in [2.45, 2.75) is 66.7 Å². The van der Waals surface area contributed by atoms with Crippen molar-refractivity contribution in [3.63, 3.8) is 0 Å². The largest absolute Gasteiger partial charge is 1.00 e. The summed E-state index contributed by atoms with van der Waals surface area (Å²) in [6.07, 6.45) is -35.6. The molecule has 0 spiro atoms. The van der Waals surface area contributed by atoms with Crippen LogP contribution in [0.4, 0.5) is 114 Å². The Hall–Kier alpha value is -1.13. The van der Waals surface area contributed by atoms with Gasteiger partial charge in [0, 0.05) is 4.48 Å². The third kappa shape index (κ3) is 4.68. The maximum atomic E-state index is 13.6. The fourth-order valence-electron chi connectivity index (χ4n) is 2.28. The Kier molecular flexibility index (Phi) is 9.69. The van der Waals surface area contributed by atoms with Crippen LogP contribution < -0.4 is 24.0 Å². The lowest BCUT2D eigenvalue weighted by Crippen LogP contribution is -3.00. The van der Waals surface area contributed by atoms with E-state index in [4.69, 9.17) is 0 Å². The van der Waals surface area contributed by atoms with Gasteiger partial charge in [0.25, 0.3) is 0 Å². The number of nitrogens with zero attached hydrogens (tertiary/aromatic N) is 1. The van der Waals surface area contributed by atoms with E-state index < -0.39 is 71.1 Å². The van der Waals surface area contributed by atoms with E-state index in [9.17, 15) is 114 Å². The molecular weight excluding hydrogens is 767 g/mol. The van der Waals surface area contributed by atoms with Crippen molar-refractivity contribution >= 4 is 0 Å². The fourth-order valence-corrected chi connectivity index (χ4v) is 2.28. The van der Waals surface area contributed by atoms with Crippen molar-refractivity contribution in [2.75, 3.05) is 0 Å². The highest BCUT2D eigenvalue weighted by Crippen LogP contribution is 2.68. The van der Waals surface area contributed by atoms with Crippen LogP contribution in [0.3, 0.4) is 0 Å². The van der Waals surface area contributed by atoms with E-state index in [-0.39, 0.29) is 24.0 Å². The first-order valence-corrected chi connectivity index (χ1v) is 7.56. The molecule has 0 amide bonds. The maximum absolute atomic E-state index is 13.6. The van der Waals surface area contributed by atoms with Crippen LogP contribution in [0.5, 0.6) is 0 Å². The van der Waals surface area contributed by atoms with Gasteiger partial charge in [0.2, 0.25) is 0 Å². The number of halogens is 27. The van der Waals surface area contributed by atoms with Crippen molar-refractivity contribution in [1.29, 1.82) is 0 Å². The van der Waals surface area contributed by atoms with Crippen LogP contribution in [0, 0.1) is 0 Å². The Balaban J connectivity index is 0. The van der Waals surface area contributed by atoms with E-state index in [1.54, 1.807) is 0 Å². The third-order valence-corrected chi connectivity index (χ3v) is 4.27. The molecule has 0 aromatic carbocycles. The number of hydrogen-bond acceptors (Lipinski definition) is 0. The van der Waals surface area contributed by atoms with Gasteiger partial charge < -0.3 is 24.0 Å². The quantitative estimate of drug-likeness (QED) is 0.142. The molecule has 0 N–H and O–H groups in total.